The summed E-state index contributed by atoms with van der Waals surface area (Å²) in [5.74, 6) is 0.730. The van der Waals surface area contributed by atoms with E-state index in [0.717, 1.165) is 17.1 Å². The molecule has 0 unspecified atom stereocenters. The van der Waals surface area contributed by atoms with E-state index in [2.05, 4.69) is 20.2 Å². The first kappa shape index (κ1) is 16.5. The van der Waals surface area contributed by atoms with E-state index < -0.39 is 0 Å². The monoisotopic (exact) mass is 364 g/mol. The highest BCUT2D eigenvalue weighted by molar-refractivity contribution is 6.33. The SMILES string of the molecule is O=C(Nc1ccccc1Cl)C1CN(c2cc(-c3ccccc3)ncn2)C1. The maximum absolute atomic E-state index is 12.4. The molecule has 1 aliphatic heterocycles. The van der Waals surface area contributed by atoms with Gasteiger partial charge in [-0.2, -0.15) is 0 Å². The van der Waals surface area contributed by atoms with E-state index in [1.807, 2.05) is 48.5 Å². The summed E-state index contributed by atoms with van der Waals surface area (Å²) in [6.07, 6.45) is 1.56. The molecule has 1 amide bonds. The van der Waals surface area contributed by atoms with Gasteiger partial charge < -0.3 is 10.2 Å². The number of nitrogens with zero attached hydrogens (tertiary/aromatic N) is 3. The van der Waals surface area contributed by atoms with Crippen molar-refractivity contribution in [2.45, 2.75) is 0 Å². The van der Waals surface area contributed by atoms with Crippen LogP contribution < -0.4 is 10.2 Å². The zero-order valence-corrected chi connectivity index (χ0v) is 14.7. The second-order valence-electron chi connectivity index (χ2n) is 6.20. The highest BCUT2D eigenvalue weighted by Gasteiger charge is 2.33. The number of rotatable bonds is 4. The quantitative estimate of drug-likeness (QED) is 0.763. The van der Waals surface area contributed by atoms with Crippen LogP contribution in [0.15, 0.2) is 67.0 Å². The number of hydrogen-bond donors (Lipinski definition) is 1. The summed E-state index contributed by atoms with van der Waals surface area (Å²) in [6, 6.07) is 19.2. The number of benzene rings is 2. The van der Waals surface area contributed by atoms with Crippen LogP contribution in [-0.4, -0.2) is 29.0 Å². The van der Waals surface area contributed by atoms with E-state index in [1.165, 1.54) is 0 Å². The van der Waals surface area contributed by atoms with Crippen LogP contribution in [0.4, 0.5) is 11.5 Å². The molecule has 0 bridgehead atoms. The number of carbonyl (C=O) groups is 1. The first-order chi connectivity index (χ1) is 12.7. The zero-order valence-electron chi connectivity index (χ0n) is 14.0. The maximum atomic E-state index is 12.4. The molecule has 2 heterocycles. The summed E-state index contributed by atoms with van der Waals surface area (Å²) in [4.78, 5) is 23.1. The van der Waals surface area contributed by atoms with Crippen molar-refractivity contribution in [2.75, 3.05) is 23.3 Å². The van der Waals surface area contributed by atoms with Crippen molar-refractivity contribution in [3.8, 4) is 11.3 Å². The van der Waals surface area contributed by atoms with Crippen LogP contribution in [0.25, 0.3) is 11.3 Å². The molecule has 26 heavy (non-hydrogen) atoms. The van der Waals surface area contributed by atoms with E-state index in [9.17, 15) is 4.79 Å². The van der Waals surface area contributed by atoms with Crippen molar-refractivity contribution >= 4 is 29.0 Å². The standard InChI is InChI=1S/C20H17ClN4O/c21-16-8-4-5-9-17(16)24-20(26)15-11-25(12-15)19-10-18(22-13-23-19)14-6-2-1-3-7-14/h1-10,13,15H,11-12H2,(H,24,26). The number of halogens is 1. The molecule has 5 nitrogen and oxygen atoms in total. The van der Waals surface area contributed by atoms with E-state index >= 15 is 0 Å². The number of aromatic nitrogens is 2. The van der Waals surface area contributed by atoms with Gasteiger partial charge in [-0.25, -0.2) is 9.97 Å². The Morgan fingerprint density at radius 2 is 1.77 bits per heavy atom. The molecule has 0 radical (unpaired) electrons. The Labute approximate surface area is 156 Å². The minimum atomic E-state index is -0.0820. The first-order valence-electron chi connectivity index (χ1n) is 8.38. The largest absolute Gasteiger partial charge is 0.355 e. The van der Waals surface area contributed by atoms with Gasteiger partial charge in [-0.05, 0) is 12.1 Å². The molecule has 0 atom stereocenters. The van der Waals surface area contributed by atoms with Crippen molar-refractivity contribution in [3.63, 3.8) is 0 Å². The molecule has 4 rings (SSSR count). The average molecular weight is 365 g/mol. The van der Waals surface area contributed by atoms with Crippen LogP contribution in [0, 0.1) is 5.92 Å². The molecule has 1 aliphatic rings. The van der Waals surface area contributed by atoms with Gasteiger partial charge in [-0.1, -0.05) is 54.1 Å². The Bertz CT molecular complexity index is 926. The number of carbonyl (C=O) groups excluding carboxylic acids is 1. The number of para-hydroxylation sites is 1. The summed E-state index contributed by atoms with van der Waals surface area (Å²) in [5.41, 5.74) is 2.57. The van der Waals surface area contributed by atoms with E-state index in [0.29, 0.717) is 23.8 Å². The van der Waals surface area contributed by atoms with Gasteiger partial charge in [0.15, 0.2) is 0 Å². The van der Waals surface area contributed by atoms with Crippen LogP contribution in [0.1, 0.15) is 0 Å². The lowest BCUT2D eigenvalue weighted by Crippen LogP contribution is -2.52. The molecule has 130 valence electrons. The Morgan fingerprint density at radius 1 is 1.04 bits per heavy atom. The van der Waals surface area contributed by atoms with Crippen molar-refractivity contribution < 1.29 is 4.79 Å². The predicted molar refractivity (Wildman–Crippen MR) is 103 cm³/mol. The molecule has 1 N–H and O–H groups in total. The third kappa shape index (κ3) is 3.39. The molecule has 3 aromatic rings. The molecular formula is C20H17ClN4O. The second-order valence-corrected chi connectivity index (χ2v) is 6.61. The number of anilines is 2. The molecule has 0 aliphatic carbocycles. The van der Waals surface area contributed by atoms with Crippen LogP contribution >= 0.6 is 11.6 Å². The van der Waals surface area contributed by atoms with Crippen LogP contribution in [0.2, 0.25) is 5.02 Å². The fourth-order valence-corrected chi connectivity index (χ4v) is 3.10. The van der Waals surface area contributed by atoms with E-state index in [4.69, 9.17) is 11.6 Å². The second kappa shape index (κ2) is 7.14. The zero-order chi connectivity index (χ0) is 17.9. The molecule has 1 fully saturated rings. The van der Waals surface area contributed by atoms with Crippen LogP contribution in [0.5, 0.6) is 0 Å². The van der Waals surface area contributed by atoms with Gasteiger partial charge in [0.05, 0.1) is 22.3 Å². The van der Waals surface area contributed by atoms with Gasteiger partial charge in [0, 0.05) is 24.7 Å². The molecule has 2 aromatic carbocycles. The predicted octanol–water partition coefficient (Wildman–Crippen LogP) is 3.87. The minimum absolute atomic E-state index is 0.0216. The topological polar surface area (TPSA) is 58.1 Å². The van der Waals surface area contributed by atoms with Gasteiger partial charge in [-0.3, -0.25) is 4.79 Å². The molecule has 1 aromatic heterocycles. The lowest BCUT2D eigenvalue weighted by atomic mass is 9.99. The lowest BCUT2D eigenvalue weighted by molar-refractivity contribution is -0.120. The van der Waals surface area contributed by atoms with Gasteiger partial charge in [0.2, 0.25) is 5.91 Å². The first-order valence-corrected chi connectivity index (χ1v) is 8.76. The highest BCUT2D eigenvalue weighted by atomic mass is 35.5. The fraction of sp³-hybridized carbons (Fsp3) is 0.150. The molecule has 0 spiro atoms. The van der Waals surface area contributed by atoms with E-state index in [-0.39, 0.29) is 11.8 Å². The van der Waals surface area contributed by atoms with Gasteiger partial charge >= 0.3 is 0 Å². The third-order valence-corrected chi connectivity index (χ3v) is 4.76. The van der Waals surface area contributed by atoms with Crippen molar-refractivity contribution in [1.82, 2.24) is 9.97 Å². The number of nitrogens with one attached hydrogen (secondary N) is 1. The Hall–Kier alpha value is -2.92. The van der Waals surface area contributed by atoms with Crippen LogP contribution in [0.3, 0.4) is 0 Å². The smallest absolute Gasteiger partial charge is 0.231 e. The Kier molecular flexibility index (Phi) is 4.54. The normalized spacial score (nSPS) is 14.0. The summed E-state index contributed by atoms with van der Waals surface area (Å²) in [5, 5.41) is 3.43. The van der Waals surface area contributed by atoms with E-state index in [1.54, 1.807) is 18.5 Å². The van der Waals surface area contributed by atoms with Crippen molar-refractivity contribution in [1.29, 1.82) is 0 Å². The lowest BCUT2D eigenvalue weighted by Gasteiger charge is -2.39. The van der Waals surface area contributed by atoms with Gasteiger partial charge in [0.25, 0.3) is 0 Å². The van der Waals surface area contributed by atoms with Crippen molar-refractivity contribution in [2.24, 2.45) is 5.92 Å². The summed E-state index contributed by atoms with van der Waals surface area (Å²) >= 11 is 6.09. The minimum Gasteiger partial charge on any atom is -0.355 e. The number of amides is 1. The highest BCUT2D eigenvalue weighted by Crippen LogP contribution is 2.28. The average Bonchev–Trinajstić information content (AvgIpc) is 2.63. The summed E-state index contributed by atoms with van der Waals surface area (Å²) in [7, 11) is 0. The molecule has 1 saturated heterocycles. The van der Waals surface area contributed by atoms with Gasteiger partial charge in [-0.15, -0.1) is 0 Å². The molecular weight excluding hydrogens is 348 g/mol. The number of hydrogen-bond acceptors (Lipinski definition) is 4. The van der Waals surface area contributed by atoms with Gasteiger partial charge in [0.1, 0.15) is 12.1 Å². The maximum Gasteiger partial charge on any atom is 0.231 e. The third-order valence-electron chi connectivity index (χ3n) is 4.43. The molecule has 6 heteroatoms. The van der Waals surface area contributed by atoms with Crippen molar-refractivity contribution in [3.05, 3.63) is 72.0 Å². The molecule has 0 saturated carbocycles. The Balaban J connectivity index is 1.40. The summed E-state index contributed by atoms with van der Waals surface area (Å²) in [6.45, 7) is 1.25. The fourth-order valence-electron chi connectivity index (χ4n) is 2.92. The van der Waals surface area contributed by atoms with Crippen LogP contribution in [-0.2, 0) is 4.79 Å². The summed E-state index contributed by atoms with van der Waals surface area (Å²) < 4.78 is 0. The Morgan fingerprint density at radius 3 is 2.54 bits per heavy atom.